The average molecular weight is 316 g/mol. The first-order chi connectivity index (χ1) is 10.7. The normalized spacial score (nSPS) is 13.0. The summed E-state index contributed by atoms with van der Waals surface area (Å²) < 4.78 is 5.64. The van der Waals surface area contributed by atoms with Crippen LogP contribution in [0.2, 0.25) is 0 Å². The van der Waals surface area contributed by atoms with E-state index in [1.807, 2.05) is 0 Å². The molecular weight excluding hydrogens is 274 g/mol. The highest BCUT2D eigenvalue weighted by atomic mass is 16.5. The molecule has 0 aliphatic heterocycles. The maximum atomic E-state index is 10.1. The van der Waals surface area contributed by atoms with E-state index < -0.39 is 0 Å². The maximum absolute atomic E-state index is 10.1. The number of rotatable bonds is 17. The van der Waals surface area contributed by atoms with Gasteiger partial charge in [-0.15, -0.1) is 0 Å². The Labute approximate surface area is 139 Å². The van der Waals surface area contributed by atoms with E-state index in [9.17, 15) is 5.11 Å². The lowest BCUT2D eigenvalue weighted by Gasteiger charge is -2.24. The smallest absolute Gasteiger partial charge is 0.0900 e. The topological polar surface area (TPSA) is 32.7 Å². The Morgan fingerprint density at radius 2 is 1.32 bits per heavy atom. The Morgan fingerprint density at radius 1 is 0.773 bits per heavy atom. The van der Waals surface area contributed by atoms with Gasteiger partial charge in [0.1, 0.15) is 0 Å². The minimum Gasteiger partial charge on any atom is -0.389 e. The Balaban J connectivity index is 3.59. The second-order valence-electron chi connectivity index (χ2n) is 6.50. The van der Waals surface area contributed by atoms with Crippen LogP contribution in [0.1, 0.15) is 85.0 Å². The number of nitrogens with zero attached hydrogens (tertiary/aromatic N) is 1. The molecule has 1 N–H and O–H groups in total. The maximum Gasteiger partial charge on any atom is 0.0900 e. The van der Waals surface area contributed by atoms with Gasteiger partial charge in [0.05, 0.1) is 12.7 Å². The molecule has 0 fully saturated rings. The van der Waals surface area contributed by atoms with Crippen molar-refractivity contribution in [2.24, 2.45) is 0 Å². The highest BCUT2D eigenvalue weighted by Crippen LogP contribution is 2.05. The van der Waals surface area contributed by atoms with Gasteiger partial charge in [0.2, 0.25) is 0 Å². The van der Waals surface area contributed by atoms with E-state index in [1.165, 1.54) is 57.8 Å². The molecule has 1 atom stereocenters. The third kappa shape index (κ3) is 14.8. The molecule has 1 unspecified atom stereocenters. The molecule has 0 spiro atoms. The van der Waals surface area contributed by atoms with Gasteiger partial charge in [0.15, 0.2) is 0 Å². The molecule has 0 bridgehead atoms. The molecule has 0 saturated heterocycles. The van der Waals surface area contributed by atoms with E-state index in [1.54, 1.807) is 0 Å². The molecule has 134 valence electrons. The molecule has 0 heterocycles. The minimum atomic E-state index is -0.339. The molecular formula is C19H41NO2. The number of unbranched alkanes of at least 4 members (excludes halogenated alkanes) is 7. The van der Waals surface area contributed by atoms with E-state index in [0.29, 0.717) is 6.61 Å². The van der Waals surface area contributed by atoms with Crippen molar-refractivity contribution in [3.63, 3.8) is 0 Å². The molecule has 0 aliphatic rings. The van der Waals surface area contributed by atoms with E-state index in [2.05, 4.69) is 25.7 Å². The van der Waals surface area contributed by atoms with Gasteiger partial charge in [0.25, 0.3) is 0 Å². The van der Waals surface area contributed by atoms with E-state index >= 15 is 0 Å². The van der Waals surface area contributed by atoms with Crippen LogP contribution in [0.25, 0.3) is 0 Å². The molecule has 22 heavy (non-hydrogen) atoms. The first-order valence-corrected chi connectivity index (χ1v) is 9.72. The summed E-state index contributed by atoms with van der Waals surface area (Å²) in [6.45, 7) is 10.9. The van der Waals surface area contributed by atoms with Gasteiger partial charge in [-0.25, -0.2) is 0 Å². The summed E-state index contributed by atoms with van der Waals surface area (Å²) in [5.74, 6) is 0. The third-order valence-electron chi connectivity index (χ3n) is 4.08. The molecule has 0 saturated carbocycles. The summed E-state index contributed by atoms with van der Waals surface area (Å²) >= 11 is 0. The summed E-state index contributed by atoms with van der Waals surface area (Å²) in [5, 5.41) is 10.1. The lowest BCUT2D eigenvalue weighted by Crippen LogP contribution is -2.36. The number of ether oxygens (including phenoxy) is 1. The molecule has 0 rings (SSSR count). The average Bonchev–Trinajstić information content (AvgIpc) is 2.52. The molecule has 3 heteroatoms. The number of hydrogen-bond donors (Lipinski definition) is 1. The van der Waals surface area contributed by atoms with Gasteiger partial charge in [-0.2, -0.15) is 0 Å². The van der Waals surface area contributed by atoms with Crippen molar-refractivity contribution in [3.8, 4) is 0 Å². The monoisotopic (exact) mass is 315 g/mol. The van der Waals surface area contributed by atoms with Crippen molar-refractivity contribution in [1.82, 2.24) is 4.90 Å². The van der Waals surface area contributed by atoms with Crippen molar-refractivity contribution < 1.29 is 9.84 Å². The summed E-state index contributed by atoms with van der Waals surface area (Å²) in [6.07, 6.45) is 12.2. The fourth-order valence-electron chi connectivity index (χ4n) is 2.61. The predicted molar refractivity (Wildman–Crippen MR) is 96.5 cm³/mol. The number of hydrogen-bond acceptors (Lipinski definition) is 3. The molecule has 0 radical (unpaired) electrons. The van der Waals surface area contributed by atoms with Crippen molar-refractivity contribution in [2.45, 2.75) is 91.1 Å². The molecule has 3 nitrogen and oxygen atoms in total. The van der Waals surface area contributed by atoms with E-state index in [4.69, 9.17) is 4.74 Å². The summed E-state index contributed by atoms with van der Waals surface area (Å²) in [4.78, 5) is 2.39. The SMILES string of the molecule is CCCCCCCCOCC(O)CN(CCCC)CCCC. The highest BCUT2D eigenvalue weighted by molar-refractivity contribution is 4.64. The Morgan fingerprint density at radius 3 is 1.91 bits per heavy atom. The fraction of sp³-hybridized carbons (Fsp3) is 1.00. The quantitative estimate of drug-likeness (QED) is 0.397. The first kappa shape index (κ1) is 21.9. The lowest BCUT2D eigenvalue weighted by atomic mass is 10.1. The molecule has 0 amide bonds. The Bertz CT molecular complexity index is 204. The van der Waals surface area contributed by atoms with Gasteiger partial charge < -0.3 is 14.7 Å². The van der Waals surface area contributed by atoms with Crippen LogP contribution in [-0.4, -0.2) is 49.0 Å². The van der Waals surface area contributed by atoms with Crippen LogP contribution >= 0.6 is 0 Å². The van der Waals surface area contributed by atoms with E-state index in [-0.39, 0.29) is 6.10 Å². The van der Waals surface area contributed by atoms with Crippen LogP contribution < -0.4 is 0 Å². The summed E-state index contributed by atoms with van der Waals surface area (Å²) in [5.41, 5.74) is 0. The van der Waals surface area contributed by atoms with Gasteiger partial charge in [-0.1, -0.05) is 65.7 Å². The summed E-state index contributed by atoms with van der Waals surface area (Å²) in [7, 11) is 0. The Hall–Kier alpha value is -0.120. The lowest BCUT2D eigenvalue weighted by molar-refractivity contribution is 0.0150. The van der Waals surface area contributed by atoms with Crippen LogP contribution in [0.5, 0.6) is 0 Å². The minimum absolute atomic E-state index is 0.339. The number of aliphatic hydroxyl groups excluding tert-OH is 1. The van der Waals surface area contributed by atoms with Gasteiger partial charge in [-0.05, 0) is 32.4 Å². The van der Waals surface area contributed by atoms with Gasteiger partial charge >= 0.3 is 0 Å². The second-order valence-corrected chi connectivity index (χ2v) is 6.50. The van der Waals surface area contributed by atoms with Crippen molar-refractivity contribution in [1.29, 1.82) is 0 Å². The zero-order valence-electron chi connectivity index (χ0n) is 15.5. The summed E-state index contributed by atoms with van der Waals surface area (Å²) in [6, 6.07) is 0. The zero-order valence-corrected chi connectivity index (χ0v) is 15.5. The highest BCUT2D eigenvalue weighted by Gasteiger charge is 2.11. The van der Waals surface area contributed by atoms with Crippen LogP contribution in [0.3, 0.4) is 0 Å². The molecule has 0 aliphatic carbocycles. The fourth-order valence-corrected chi connectivity index (χ4v) is 2.61. The standard InChI is InChI=1S/C19H41NO2/c1-4-7-10-11-12-13-16-22-18-19(21)17-20(14-8-5-2)15-9-6-3/h19,21H,4-18H2,1-3H3. The van der Waals surface area contributed by atoms with E-state index in [0.717, 1.165) is 32.7 Å². The molecule has 0 aromatic heterocycles. The number of aliphatic hydroxyl groups is 1. The van der Waals surface area contributed by atoms with Crippen molar-refractivity contribution in [3.05, 3.63) is 0 Å². The largest absolute Gasteiger partial charge is 0.389 e. The van der Waals surface area contributed by atoms with Gasteiger partial charge in [-0.3, -0.25) is 0 Å². The van der Waals surface area contributed by atoms with Crippen molar-refractivity contribution >= 4 is 0 Å². The molecule has 0 aromatic rings. The zero-order chi connectivity index (χ0) is 16.5. The van der Waals surface area contributed by atoms with Crippen LogP contribution in [0.4, 0.5) is 0 Å². The third-order valence-corrected chi connectivity index (χ3v) is 4.08. The van der Waals surface area contributed by atoms with Gasteiger partial charge in [0, 0.05) is 13.2 Å². The first-order valence-electron chi connectivity index (χ1n) is 9.72. The Kier molecular flexibility index (Phi) is 17.1. The van der Waals surface area contributed by atoms with Crippen LogP contribution in [0.15, 0.2) is 0 Å². The van der Waals surface area contributed by atoms with Crippen molar-refractivity contribution in [2.75, 3.05) is 32.8 Å². The van der Waals surface area contributed by atoms with Crippen LogP contribution in [0, 0.1) is 0 Å². The van der Waals surface area contributed by atoms with Crippen LogP contribution in [-0.2, 0) is 4.74 Å². The predicted octanol–water partition coefficient (Wildman–Crippen LogP) is 4.63. The molecule has 0 aromatic carbocycles. The second kappa shape index (κ2) is 17.2.